The number of aryl methyl sites for hydroxylation is 1. The summed E-state index contributed by atoms with van der Waals surface area (Å²) in [5, 5.41) is 9.02. The first-order valence-corrected chi connectivity index (χ1v) is 7.41. The number of hydrogen-bond acceptors (Lipinski definition) is 3. The standard InChI is InChI=1S/C18H23NO3/c1-12-9-14(21)11-16(19-12)15-6-5-13(18(2,3)4)10-17(15)22-8-7-20/h5-6,9-11,20H,7-8H2,1-4H3,(H,19,21). The van der Waals surface area contributed by atoms with Gasteiger partial charge >= 0.3 is 0 Å². The Morgan fingerprint density at radius 3 is 2.50 bits per heavy atom. The summed E-state index contributed by atoms with van der Waals surface area (Å²) in [5.41, 5.74) is 3.44. The Kier molecular flexibility index (Phi) is 4.71. The maximum Gasteiger partial charge on any atom is 0.182 e. The summed E-state index contributed by atoms with van der Waals surface area (Å²) in [7, 11) is 0. The van der Waals surface area contributed by atoms with Gasteiger partial charge in [-0.15, -0.1) is 0 Å². The molecule has 0 bridgehead atoms. The fourth-order valence-electron chi connectivity index (χ4n) is 2.31. The zero-order valence-corrected chi connectivity index (χ0v) is 13.6. The normalized spacial score (nSPS) is 11.5. The van der Waals surface area contributed by atoms with Crippen molar-refractivity contribution in [2.24, 2.45) is 0 Å². The van der Waals surface area contributed by atoms with Gasteiger partial charge in [-0.1, -0.05) is 26.8 Å². The van der Waals surface area contributed by atoms with Gasteiger partial charge in [0.25, 0.3) is 0 Å². The van der Waals surface area contributed by atoms with Crippen LogP contribution in [0.4, 0.5) is 0 Å². The average molecular weight is 301 g/mol. The highest BCUT2D eigenvalue weighted by Crippen LogP contribution is 2.33. The minimum atomic E-state index is -0.0521. The second kappa shape index (κ2) is 6.36. The number of aliphatic hydroxyl groups is 1. The first-order valence-electron chi connectivity index (χ1n) is 7.41. The van der Waals surface area contributed by atoms with Crippen molar-refractivity contribution in [1.29, 1.82) is 0 Å². The van der Waals surface area contributed by atoms with E-state index < -0.39 is 0 Å². The lowest BCUT2D eigenvalue weighted by Gasteiger charge is -2.21. The van der Waals surface area contributed by atoms with E-state index in [0.29, 0.717) is 5.75 Å². The number of pyridine rings is 1. The smallest absolute Gasteiger partial charge is 0.182 e. The number of aromatic amines is 1. The van der Waals surface area contributed by atoms with Crippen molar-refractivity contribution in [3.8, 4) is 17.0 Å². The monoisotopic (exact) mass is 301 g/mol. The first kappa shape index (κ1) is 16.3. The van der Waals surface area contributed by atoms with E-state index in [1.807, 2.05) is 25.1 Å². The number of aliphatic hydroxyl groups excluding tert-OH is 1. The average Bonchev–Trinajstić information content (AvgIpc) is 2.42. The molecule has 0 amide bonds. The summed E-state index contributed by atoms with van der Waals surface area (Å²) in [5.74, 6) is 0.669. The van der Waals surface area contributed by atoms with Gasteiger partial charge in [0.1, 0.15) is 12.4 Å². The minimum Gasteiger partial charge on any atom is -0.490 e. The maximum atomic E-state index is 11.7. The van der Waals surface area contributed by atoms with Crippen LogP contribution < -0.4 is 10.2 Å². The van der Waals surface area contributed by atoms with E-state index in [1.54, 1.807) is 12.1 Å². The van der Waals surface area contributed by atoms with Crippen LogP contribution in [0.25, 0.3) is 11.3 Å². The summed E-state index contributed by atoms with van der Waals surface area (Å²) in [6.45, 7) is 8.41. The molecule has 0 fully saturated rings. The molecule has 1 aromatic carbocycles. The van der Waals surface area contributed by atoms with Crippen LogP contribution in [0, 0.1) is 6.92 Å². The molecule has 1 aromatic heterocycles. The second-order valence-electron chi connectivity index (χ2n) is 6.45. The van der Waals surface area contributed by atoms with Gasteiger partial charge < -0.3 is 14.8 Å². The highest BCUT2D eigenvalue weighted by Gasteiger charge is 2.17. The van der Waals surface area contributed by atoms with Gasteiger partial charge in [0.05, 0.1) is 12.3 Å². The molecular weight excluding hydrogens is 278 g/mol. The molecule has 2 aromatic rings. The molecule has 2 rings (SSSR count). The van der Waals surface area contributed by atoms with Gasteiger partial charge in [0, 0.05) is 23.4 Å². The van der Waals surface area contributed by atoms with Crippen LogP contribution in [0.1, 0.15) is 32.0 Å². The summed E-state index contributed by atoms with van der Waals surface area (Å²) < 4.78 is 5.68. The van der Waals surface area contributed by atoms with Crippen molar-refractivity contribution in [2.45, 2.75) is 33.1 Å². The molecule has 0 aliphatic carbocycles. The summed E-state index contributed by atoms with van der Waals surface area (Å²) in [4.78, 5) is 14.9. The Bertz CT molecular complexity index is 711. The lowest BCUT2D eigenvalue weighted by atomic mass is 9.86. The van der Waals surface area contributed by atoms with E-state index in [1.165, 1.54) is 0 Å². The summed E-state index contributed by atoms with van der Waals surface area (Å²) in [6, 6.07) is 9.09. The Balaban J connectivity index is 2.56. The Morgan fingerprint density at radius 2 is 1.91 bits per heavy atom. The number of aromatic nitrogens is 1. The molecule has 0 aliphatic rings. The highest BCUT2D eigenvalue weighted by molar-refractivity contribution is 5.68. The lowest BCUT2D eigenvalue weighted by Crippen LogP contribution is -2.12. The van der Waals surface area contributed by atoms with Gasteiger partial charge in [-0.05, 0) is 30.0 Å². The molecule has 0 spiro atoms. The predicted octanol–water partition coefficient (Wildman–Crippen LogP) is 3.02. The number of H-pyrrole nitrogens is 1. The number of nitrogens with one attached hydrogen (secondary N) is 1. The van der Waals surface area contributed by atoms with E-state index in [4.69, 9.17) is 9.84 Å². The van der Waals surface area contributed by atoms with Crippen LogP contribution in [0.15, 0.2) is 35.1 Å². The lowest BCUT2D eigenvalue weighted by molar-refractivity contribution is 0.201. The van der Waals surface area contributed by atoms with E-state index in [0.717, 1.165) is 22.5 Å². The Hall–Kier alpha value is -2.07. The third-order valence-corrected chi connectivity index (χ3v) is 3.46. The van der Waals surface area contributed by atoms with Crippen molar-refractivity contribution in [3.05, 3.63) is 51.8 Å². The van der Waals surface area contributed by atoms with Crippen molar-refractivity contribution in [2.75, 3.05) is 13.2 Å². The van der Waals surface area contributed by atoms with Gasteiger partial charge in [-0.3, -0.25) is 4.79 Å². The van der Waals surface area contributed by atoms with Gasteiger partial charge in [-0.2, -0.15) is 0 Å². The fraction of sp³-hybridized carbons (Fsp3) is 0.389. The van der Waals surface area contributed by atoms with E-state index >= 15 is 0 Å². The van der Waals surface area contributed by atoms with E-state index in [2.05, 4.69) is 25.8 Å². The van der Waals surface area contributed by atoms with E-state index in [9.17, 15) is 4.79 Å². The molecule has 1 heterocycles. The van der Waals surface area contributed by atoms with E-state index in [-0.39, 0.29) is 24.1 Å². The molecule has 4 heteroatoms. The van der Waals surface area contributed by atoms with Crippen LogP contribution in [0.2, 0.25) is 0 Å². The molecule has 0 saturated carbocycles. The molecule has 0 atom stereocenters. The molecule has 0 radical (unpaired) electrons. The predicted molar refractivity (Wildman–Crippen MR) is 88.5 cm³/mol. The van der Waals surface area contributed by atoms with Crippen LogP contribution in [0.5, 0.6) is 5.75 Å². The molecule has 22 heavy (non-hydrogen) atoms. The molecule has 0 saturated heterocycles. The fourth-order valence-corrected chi connectivity index (χ4v) is 2.31. The van der Waals surface area contributed by atoms with Crippen LogP contribution in [0.3, 0.4) is 0 Å². The molecular formula is C18H23NO3. The van der Waals surface area contributed by atoms with Gasteiger partial charge in [0.15, 0.2) is 5.43 Å². The topological polar surface area (TPSA) is 62.3 Å². The second-order valence-corrected chi connectivity index (χ2v) is 6.45. The Labute approximate surface area is 130 Å². The molecule has 118 valence electrons. The SMILES string of the molecule is Cc1cc(=O)cc(-c2ccc(C(C)(C)C)cc2OCCO)[nH]1. The van der Waals surface area contributed by atoms with Crippen LogP contribution in [-0.2, 0) is 5.41 Å². The third-order valence-electron chi connectivity index (χ3n) is 3.46. The highest BCUT2D eigenvalue weighted by atomic mass is 16.5. The largest absolute Gasteiger partial charge is 0.490 e. The van der Waals surface area contributed by atoms with Crippen molar-refractivity contribution < 1.29 is 9.84 Å². The van der Waals surface area contributed by atoms with Gasteiger partial charge in [-0.25, -0.2) is 0 Å². The van der Waals surface area contributed by atoms with Crippen LogP contribution >= 0.6 is 0 Å². The quantitative estimate of drug-likeness (QED) is 0.912. The summed E-state index contributed by atoms with van der Waals surface area (Å²) in [6.07, 6.45) is 0. The molecule has 2 N–H and O–H groups in total. The number of ether oxygens (including phenoxy) is 1. The maximum absolute atomic E-state index is 11.7. The molecule has 0 unspecified atom stereocenters. The zero-order valence-electron chi connectivity index (χ0n) is 13.6. The molecule has 4 nitrogen and oxygen atoms in total. The van der Waals surface area contributed by atoms with Crippen molar-refractivity contribution in [3.63, 3.8) is 0 Å². The van der Waals surface area contributed by atoms with Crippen molar-refractivity contribution in [1.82, 2.24) is 4.98 Å². The number of benzene rings is 1. The number of rotatable bonds is 4. The minimum absolute atomic E-state index is 0.00410. The van der Waals surface area contributed by atoms with Crippen LogP contribution in [-0.4, -0.2) is 23.3 Å². The van der Waals surface area contributed by atoms with Crippen molar-refractivity contribution >= 4 is 0 Å². The zero-order chi connectivity index (χ0) is 16.3. The summed E-state index contributed by atoms with van der Waals surface area (Å²) >= 11 is 0. The Morgan fingerprint density at radius 1 is 1.18 bits per heavy atom. The number of hydrogen-bond donors (Lipinski definition) is 2. The molecule has 0 aliphatic heterocycles. The first-order chi connectivity index (χ1) is 10.3. The van der Waals surface area contributed by atoms with Gasteiger partial charge in [0.2, 0.25) is 0 Å². The third kappa shape index (κ3) is 3.77.